The Kier molecular flexibility index (Phi) is 3.15. The molecule has 1 heterocycles. The van der Waals surface area contributed by atoms with Gasteiger partial charge in [-0.2, -0.15) is 5.10 Å². The Bertz CT molecular complexity index is 648. The number of para-hydroxylation sites is 1. The van der Waals surface area contributed by atoms with Crippen LogP contribution < -0.4 is 16.6 Å². The van der Waals surface area contributed by atoms with E-state index in [4.69, 9.17) is 10.2 Å². The summed E-state index contributed by atoms with van der Waals surface area (Å²) in [5.41, 5.74) is 8.27. The van der Waals surface area contributed by atoms with Gasteiger partial charge in [-0.3, -0.25) is 10.2 Å². The molecule has 0 aliphatic rings. The van der Waals surface area contributed by atoms with Gasteiger partial charge in [0, 0.05) is 0 Å². The second kappa shape index (κ2) is 4.75. The smallest absolute Gasteiger partial charge is 0.201 e. The van der Waals surface area contributed by atoms with Crippen molar-refractivity contribution in [1.29, 1.82) is 0 Å². The van der Waals surface area contributed by atoms with E-state index in [1.54, 1.807) is 24.3 Å². The molecule has 1 aromatic heterocycles. The molecule has 86 valence electrons. The molecular formula is C11H9N3O2S. The fourth-order valence-corrected chi connectivity index (χ4v) is 1.40. The minimum Gasteiger partial charge on any atom is -0.463 e. The van der Waals surface area contributed by atoms with Crippen LogP contribution in [0.2, 0.25) is 0 Å². The maximum Gasteiger partial charge on any atom is 0.201 e. The number of hydrazone groups is 1. The van der Waals surface area contributed by atoms with Crippen LogP contribution in [-0.2, 0) is 0 Å². The molecule has 1 aromatic carbocycles. The van der Waals surface area contributed by atoms with Gasteiger partial charge in [0.2, 0.25) is 5.43 Å². The van der Waals surface area contributed by atoms with E-state index in [0.717, 1.165) is 0 Å². The van der Waals surface area contributed by atoms with E-state index in [2.05, 4.69) is 22.7 Å². The predicted octanol–water partition coefficient (Wildman–Crippen LogP) is 0.960. The molecule has 0 spiro atoms. The zero-order valence-corrected chi connectivity index (χ0v) is 9.53. The molecular weight excluding hydrogens is 238 g/mol. The molecule has 2 rings (SSSR count). The van der Waals surface area contributed by atoms with Crippen LogP contribution in [0.1, 0.15) is 5.56 Å². The highest BCUT2D eigenvalue weighted by Crippen LogP contribution is 2.09. The Balaban J connectivity index is 2.43. The summed E-state index contributed by atoms with van der Waals surface area (Å²) in [5, 5.41) is 4.25. The van der Waals surface area contributed by atoms with Crippen molar-refractivity contribution < 1.29 is 4.42 Å². The number of fused-ring (bicyclic) bond motifs is 1. The summed E-state index contributed by atoms with van der Waals surface area (Å²) in [6, 6.07) is 6.99. The summed E-state index contributed by atoms with van der Waals surface area (Å²) in [6.45, 7) is 0. The highest BCUT2D eigenvalue weighted by molar-refractivity contribution is 7.80. The van der Waals surface area contributed by atoms with Crippen molar-refractivity contribution >= 4 is 34.5 Å². The maximum atomic E-state index is 12.0. The second-order valence-corrected chi connectivity index (χ2v) is 3.69. The van der Waals surface area contributed by atoms with Gasteiger partial charge in [0.25, 0.3) is 0 Å². The normalized spacial score (nSPS) is 10.8. The van der Waals surface area contributed by atoms with E-state index >= 15 is 0 Å². The third-order valence-electron chi connectivity index (χ3n) is 2.09. The van der Waals surface area contributed by atoms with Crippen molar-refractivity contribution in [2.75, 3.05) is 0 Å². The number of hydrogen-bond donors (Lipinski definition) is 2. The summed E-state index contributed by atoms with van der Waals surface area (Å²) in [6.07, 6.45) is 2.66. The fraction of sp³-hybridized carbons (Fsp3) is 0. The van der Waals surface area contributed by atoms with Gasteiger partial charge in [-0.25, -0.2) is 0 Å². The first-order valence-electron chi connectivity index (χ1n) is 4.77. The molecule has 3 N–H and O–H groups in total. The summed E-state index contributed by atoms with van der Waals surface area (Å²) in [4.78, 5) is 12.0. The van der Waals surface area contributed by atoms with Crippen molar-refractivity contribution in [3.8, 4) is 0 Å². The Hall–Kier alpha value is -2.21. The predicted molar refractivity (Wildman–Crippen MR) is 70.0 cm³/mol. The van der Waals surface area contributed by atoms with Crippen molar-refractivity contribution in [3.63, 3.8) is 0 Å². The first kappa shape index (κ1) is 11.3. The van der Waals surface area contributed by atoms with E-state index in [1.807, 2.05) is 0 Å². The van der Waals surface area contributed by atoms with Gasteiger partial charge in [-0.15, -0.1) is 0 Å². The summed E-state index contributed by atoms with van der Waals surface area (Å²) in [5.74, 6) is 0. The molecule has 5 nitrogen and oxygen atoms in total. The molecule has 0 atom stereocenters. The van der Waals surface area contributed by atoms with Crippen LogP contribution in [0.4, 0.5) is 0 Å². The highest BCUT2D eigenvalue weighted by atomic mass is 32.1. The fourth-order valence-electron chi connectivity index (χ4n) is 1.35. The summed E-state index contributed by atoms with van der Waals surface area (Å²) in [7, 11) is 0. The minimum atomic E-state index is -0.152. The van der Waals surface area contributed by atoms with Crippen LogP contribution in [-0.4, -0.2) is 11.3 Å². The standard InChI is InChI=1S/C11H9N3O2S/c12-11(17)14-13-5-7-6-16-9-4-2-1-3-8(9)10(7)15/h1-6H,(H3,12,14,17). The number of rotatable bonds is 2. The molecule has 2 aromatic rings. The molecule has 0 aliphatic carbocycles. The molecule has 0 radical (unpaired) electrons. The number of nitrogens with zero attached hydrogens (tertiary/aromatic N) is 1. The van der Waals surface area contributed by atoms with Crippen molar-refractivity contribution in [3.05, 3.63) is 46.3 Å². The largest absolute Gasteiger partial charge is 0.463 e. The Morgan fingerprint density at radius 1 is 1.47 bits per heavy atom. The third-order valence-corrected chi connectivity index (χ3v) is 2.18. The number of thiocarbonyl (C=S) groups is 1. The first-order valence-corrected chi connectivity index (χ1v) is 5.18. The Morgan fingerprint density at radius 3 is 3.00 bits per heavy atom. The number of nitrogens with one attached hydrogen (secondary N) is 1. The number of nitrogens with two attached hydrogens (primary N) is 1. The van der Waals surface area contributed by atoms with Gasteiger partial charge in [0.05, 0.1) is 17.2 Å². The number of hydrogen-bond acceptors (Lipinski definition) is 4. The molecule has 17 heavy (non-hydrogen) atoms. The average Bonchev–Trinajstić information content (AvgIpc) is 2.32. The Labute approximate surface area is 102 Å². The Morgan fingerprint density at radius 2 is 2.24 bits per heavy atom. The molecule has 0 saturated heterocycles. The van der Waals surface area contributed by atoms with Crippen molar-refractivity contribution in [2.24, 2.45) is 10.8 Å². The zero-order valence-electron chi connectivity index (χ0n) is 8.71. The minimum absolute atomic E-state index is 0.0337. The second-order valence-electron chi connectivity index (χ2n) is 3.25. The van der Waals surface area contributed by atoms with E-state index in [1.165, 1.54) is 12.5 Å². The van der Waals surface area contributed by atoms with Gasteiger partial charge < -0.3 is 10.2 Å². The van der Waals surface area contributed by atoms with Crippen LogP contribution in [0, 0.1) is 0 Å². The zero-order chi connectivity index (χ0) is 12.3. The third kappa shape index (κ3) is 2.48. The van der Waals surface area contributed by atoms with Gasteiger partial charge >= 0.3 is 0 Å². The van der Waals surface area contributed by atoms with Crippen molar-refractivity contribution in [1.82, 2.24) is 5.43 Å². The van der Waals surface area contributed by atoms with E-state index in [-0.39, 0.29) is 10.5 Å². The van der Waals surface area contributed by atoms with Crippen LogP contribution in [0.15, 0.2) is 44.8 Å². The summed E-state index contributed by atoms with van der Waals surface area (Å²) >= 11 is 4.57. The average molecular weight is 247 g/mol. The highest BCUT2D eigenvalue weighted by Gasteiger charge is 2.03. The van der Waals surface area contributed by atoms with E-state index < -0.39 is 0 Å². The lowest BCUT2D eigenvalue weighted by molar-refractivity contribution is 0.601. The van der Waals surface area contributed by atoms with E-state index in [9.17, 15) is 4.79 Å². The molecule has 0 saturated carbocycles. The molecule has 0 bridgehead atoms. The van der Waals surface area contributed by atoms with Crippen LogP contribution in [0.3, 0.4) is 0 Å². The molecule has 6 heteroatoms. The quantitative estimate of drug-likeness (QED) is 0.469. The lowest BCUT2D eigenvalue weighted by Gasteiger charge is -1.97. The van der Waals surface area contributed by atoms with Crippen molar-refractivity contribution in [2.45, 2.75) is 0 Å². The first-order chi connectivity index (χ1) is 8.18. The topological polar surface area (TPSA) is 80.6 Å². The van der Waals surface area contributed by atoms with Gasteiger partial charge in [-0.1, -0.05) is 12.1 Å². The maximum absolute atomic E-state index is 12.0. The van der Waals surface area contributed by atoms with Gasteiger partial charge in [0.15, 0.2) is 5.11 Å². The monoisotopic (exact) mass is 247 g/mol. The van der Waals surface area contributed by atoms with Crippen LogP contribution in [0.25, 0.3) is 11.0 Å². The molecule has 0 amide bonds. The summed E-state index contributed by atoms with van der Waals surface area (Å²) < 4.78 is 5.30. The van der Waals surface area contributed by atoms with E-state index in [0.29, 0.717) is 16.5 Å². The molecule has 0 fully saturated rings. The van der Waals surface area contributed by atoms with Gasteiger partial charge in [-0.05, 0) is 24.4 Å². The van der Waals surface area contributed by atoms with Crippen LogP contribution in [0.5, 0.6) is 0 Å². The lowest BCUT2D eigenvalue weighted by Crippen LogP contribution is -2.24. The van der Waals surface area contributed by atoms with Crippen LogP contribution >= 0.6 is 12.2 Å². The molecule has 0 aliphatic heterocycles. The number of benzene rings is 1. The SMILES string of the molecule is NC(=S)NN=Cc1coc2ccccc2c1=O. The van der Waals surface area contributed by atoms with Gasteiger partial charge in [0.1, 0.15) is 11.8 Å². The molecule has 0 unspecified atom stereocenters. The lowest BCUT2D eigenvalue weighted by atomic mass is 10.2.